The molecule has 2 rings (SSSR count). The molecular weight excluding hydrogens is 206 g/mol. The summed E-state index contributed by atoms with van der Waals surface area (Å²) in [4.78, 5) is 30.3. The van der Waals surface area contributed by atoms with E-state index in [2.05, 4.69) is 9.97 Å². The first kappa shape index (κ1) is 10.4. The Balaban J connectivity index is 2.50. The van der Waals surface area contributed by atoms with Gasteiger partial charge in [-0.1, -0.05) is 0 Å². The Kier molecular flexibility index (Phi) is 2.44. The van der Waals surface area contributed by atoms with Crippen molar-refractivity contribution in [1.29, 1.82) is 0 Å². The fourth-order valence-corrected chi connectivity index (χ4v) is 1.46. The fourth-order valence-electron chi connectivity index (χ4n) is 1.46. The van der Waals surface area contributed by atoms with Crippen LogP contribution >= 0.6 is 0 Å². The number of ketones is 1. The van der Waals surface area contributed by atoms with E-state index >= 15 is 0 Å². The van der Waals surface area contributed by atoms with Crippen molar-refractivity contribution in [2.24, 2.45) is 7.05 Å². The smallest absolute Gasteiger partial charge is 0.233 e. The molecular formula is C11H11N3O2. The number of nitrogens with zero attached hydrogens (tertiary/aromatic N) is 2. The van der Waals surface area contributed by atoms with E-state index in [0.717, 1.165) is 5.69 Å². The van der Waals surface area contributed by atoms with Crippen LogP contribution in [0.4, 0.5) is 0 Å². The number of hydrogen-bond acceptors (Lipinski definition) is 3. The maximum atomic E-state index is 12.0. The van der Waals surface area contributed by atoms with Crippen LogP contribution in [0.15, 0.2) is 29.5 Å². The number of H-pyrrole nitrogens is 1. The zero-order valence-corrected chi connectivity index (χ0v) is 9.02. The minimum atomic E-state index is -0.367. The molecule has 0 saturated heterocycles. The summed E-state index contributed by atoms with van der Waals surface area (Å²) in [7, 11) is 1.71. The van der Waals surface area contributed by atoms with Crippen LogP contribution in [0, 0.1) is 6.92 Å². The highest BCUT2D eigenvalue weighted by molar-refractivity contribution is 6.06. The zero-order chi connectivity index (χ0) is 11.7. The molecule has 0 aromatic carbocycles. The van der Waals surface area contributed by atoms with E-state index < -0.39 is 0 Å². The molecule has 0 unspecified atom stereocenters. The molecule has 2 heterocycles. The highest BCUT2D eigenvalue weighted by Gasteiger charge is 2.16. The summed E-state index contributed by atoms with van der Waals surface area (Å²) < 4.78 is 1.58. The van der Waals surface area contributed by atoms with Gasteiger partial charge in [-0.3, -0.25) is 9.59 Å². The molecule has 0 aliphatic heterocycles. The molecule has 1 N–H and O–H groups in total. The van der Waals surface area contributed by atoms with Crippen LogP contribution in [0.1, 0.15) is 21.9 Å². The first-order valence-corrected chi connectivity index (χ1v) is 4.81. The van der Waals surface area contributed by atoms with E-state index in [9.17, 15) is 9.59 Å². The van der Waals surface area contributed by atoms with Gasteiger partial charge in [0.05, 0.1) is 5.56 Å². The average molecular weight is 217 g/mol. The second kappa shape index (κ2) is 3.77. The van der Waals surface area contributed by atoms with Gasteiger partial charge in [-0.25, -0.2) is 4.98 Å². The molecule has 0 saturated carbocycles. The van der Waals surface area contributed by atoms with Crippen molar-refractivity contribution in [2.75, 3.05) is 0 Å². The summed E-state index contributed by atoms with van der Waals surface area (Å²) in [6.45, 7) is 1.76. The van der Waals surface area contributed by atoms with Crippen LogP contribution in [0.25, 0.3) is 0 Å². The van der Waals surface area contributed by atoms with Crippen molar-refractivity contribution >= 4 is 5.78 Å². The van der Waals surface area contributed by atoms with Crippen molar-refractivity contribution in [3.63, 3.8) is 0 Å². The molecule has 0 bridgehead atoms. The molecule has 0 spiro atoms. The van der Waals surface area contributed by atoms with Gasteiger partial charge in [-0.05, 0) is 6.92 Å². The molecule has 2 aromatic rings. The van der Waals surface area contributed by atoms with E-state index in [1.165, 1.54) is 18.5 Å². The van der Waals surface area contributed by atoms with Crippen molar-refractivity contribution in [2.45, 2.75) is 6.92 Å². The number of aryl methyl sites for hydroxylation is 2. The predicted molar refractivity (Wildman–Crippen MR) is 58.4 cm³/mol. The number of aromatic amines is 1. The molecule has 0 atom stereocenters. The number of carbonyl (C=O) groups excluding carboxylic acids is 1. The Morgan fingerprint density at radius 1 is 1.50 bits per heavy atom. The summed E-state index contributed by atoms with van der Waals surface area (Å²) >= 11 is 0. The Bertz CT molecular complexity index is 595. The summed E-state index contributed by atoms with van der Waals surface area (Å²) in [6, 6.07) is 1.40. The molecule has 0 amide bonds. The van der Waals surface area contributed by atoms with E-state index in [-0.39, 0.29) is 22.6 Å². The van der Waals surface area contributed by atoms with Gasteiger partial charge >= 0.3 is 0 Å². The minimum absolute atomic E-state index is 0.111. The van der Waals surface area contributed by atoms with Gasteiger partial charge in [-0.2, -0.15) is 0 Å². The Hall–Kier alpha value is -2.17. The van der Waals surface area contributed by atoms with Crippen molar-refractivity contribution < 1.29 is 4.79 Å². The van der Waals surface area contributed by atoms with Crippen LogP contribution in [0.5, 0.6) is 0 Å². The zero-order valence-electron chi connectivity index (χ0n) is 9.02. The predicted octanol–water partition coefficient (Wildman–Crippen LogP) is 0.648. The quantitative estimate of drug-likeness (QED) is 0.751. The van der Waals surface area contributed by atoms with E-state index in [0.29, 0.717) is 0 Å². The summed E-state index contributed by atoms with van der Waals surface area (Å²) in [5.74, 6) is -0.108. The van der Waals surface area contributed by atoms with Crippen molar-refractivity contribution in [3.8, 4) is 0 Å². The molecule has 0 aliphatic rings. The second-order valence-electron chi connectivity index (χ2n) is 3.58. The van der Waals surface area contributed by atoms with E-state index in [4.69, 9.17) is 0 Å². The third-order valence-corrected chi connectivity index (χ3v) is 2.33. The molecule has 5 heteroatoms. The lowest BCUT2D eigenvalue weighted by Crippen LogP contribution is -2.18. The highest BCUT2D eigenvalue weighted by Crippen LogP contribution is 2.02. The first-order chi connectivity index (χ1) is 7.59. The van der Waals surface area contributed by atoms with Gasteiger partial charge < -0.3 is 9.55 Å². The molecule has 5 nitrogen and oxygen atoms in total. The van der Waals surface area contributed by atoms with Crippen LogP contribution in [-0.4, -0.2) is 20.3 Å². The normalized spacial score (nSPS) is 10.4. The number of aromatic nitrogens is 3. The summed E-state index contributed by atoms with van der Waals surface area (Å²) in [5, 5.41) is 0. The van der Waals surface area contributed by atoms with Crippen LogP contribution in [0.2, 0.25) is 0 Å². The average Bonchev–Trinajstić information content (AvgIpc) is 2.63. The molecule has 2 aromatic heterocycles. The Morgan fingerprint density at radius 2 is 2.25 bits per heavy atom. The van der Waals surface area contributed by atoms with E-state index in [1.54, 1.807) is 24.7 Å². The van der Waals surface area contributed by atoms with Gasteiger partial charge in [0, 0.05) is 37.4 Å². The lowest BCUT2D eigenvalue weighted by atomic mass is 10.1. The highest BCUT2D eigenvalue weighted by atomic mass is 16.1. The lowest BCUT2D eigenvalue weighted by Gasteiger charge is -2.00. The monoisotopic (exact) mass is 217 g/mol. The Morgan fingerprint density at radius 3 is 2.81 bits per heavy atom. The SMILES string of the molecule is Cc1cc(=O)c(C(=O)c2nccn2C)c[nH]1. The fraction of sp³-hybridized carbons (Fsp3) is 0.182. The number of pyridine rings is 1. The van der Waals surface area contributed by atoms with Crippen molar-refractivity contribution in [1.82, 2.24) is 14.5 Å². The molecule has 16 heavy (non-hydrogen) atoms. The van der Waals surface area contributed by atoms with Gasteiger partial charge in [0.2, 0.25) is 5.78 Å². The third kappa shape index (κ3) is 1.67. The van der Waals surface area contributed by atoms with Gasteiger partial charge in [0.25, 0.3) is 0 Å². The number of nitrogens with one attached hydrogen (secondary N) is 1. The second-order valence-corrected chi connectivity index (χ2v) is 3.58. The largest absolute Gasteiger partial charge is 0.364 e. The third-order valence-electron chi connectivity index (χ3n) is 2.33. The standard InChI is InChI=1S/C11H11N3O2/c1-7-5-9(15)8(6-13-7)10(16)11-12-3-4-14(11)2/h3-6H,1-2H3,(H,13,15). The van der Waals surface area contributed by atoms with Crippen LogP contribution in [-0.2, 0) is 7.05 Å². The molecule has 0 fully saturated rings. The first-order valence-electron chi connectivity index (χ1n) is 4.81. The number of carbonyl (C=O) groups is 1. The number of hydrogen-bond donors (Lipinski definition) is 1. The molecule has 0 aliphatic carbocycles. The maximum absolute atomic E-state index is 12.0. The molecule has 82 valence electrons. The van der Waals surface area contributed by atoms with Gasteiger partial charge in [0.1, 0.15) is 0 Å². The van der Waals surface area contributed by atoms with Crippen molar-refractivity contribution in [3.05, 3.63) is 52.0 Å². The minimum Gasteiger partial charge on any atom is -0.364 e. The number of rotatable bonds is 2. The number of imidazole rings is 1. The van der Waals surface area contributed by atoms with Crippen LogP contribution < -0.4 is 5.43 Å². The van der Waals surface area contributed by atoms with Crippen LogP contribution in [0.3, 0.4) is 0 Å². The van der Waals surface area contributed by atoms with Gasteiger partial charge in [-0.15, -0.1) is 0 Å². The van der Waals surface area contributed by atoms with Gasteiger partial charge in [0.15, 0.2) is 11.3 Å². The Labute approximate surface area is 91.8 Å². The summed E-state index contributed by atoms with van der Waals surface area (Å²) in [6.07, 6.45) is 4.61. The molecule has 0 radical (unpaired) electrons. The maximum Gasteiger partial charge on any atom is 0.233 e. The van der Waals surface area contributed by atoms with E-state index in [1.807, 2.05) is 0 Å². The lowest BCUT2D eigenvalue weighted by molar-refractivity contribution is 0.102. The summed E-state index contributed by atoms with van der Waals surface area (Å²) in [5.41, 5.74) is 0.547. The topological polar surface area (TPSA) is 67.8 Å².